The standard InChI is InChI=1S/C58H101NO8/c1-6-8-10-12-14-15-16-17-18-19-20-21-22-23-24-25-26-27-28-29-30-31-32-33-34-35-36-37-38-39-40-41-43-45-47-49-56(61)67-54(52-65-55(60)48-46-44-42-13-11-9-7-2)53-66-58(57(62)63)64-51-50-59(3,4)5/h8,10,14-15,17-18,20-21,23-24,26-27,54,58H,6-7,9,11-13,16,19,22,25,28-53H2,1-5H3/p+1/b10-8-,15-14-,18-17-,21-20-,24-23-,27-26-. The van der Waals surface area contributed by atoms with E-state index in [1.54, 1.807) is 0 Å². The molecule has 0 aliphatic heterocycles. The van der Waals surface area contributed by atoms with Gasteiger partial charge in [-0.15, -0.1) is 0 Å². The fourth-order valence-electron chi connectivity index (χ4n) is 7.31. The van der Waals surface area contributed by atoms with Crippen LogP contribution < -0.4 is 0 Å². The van der Waals surface area contributed by atoms with E-state index in [1.165, 1.54) is 116 Å². The highest BCUT2D eigenvalue weighted by Crippen LogP contribution is 2.16. The average Bonchev–Trinajstić information content (AvgIpc) is 3.29. The van der Waals surface area contributed by atoms with Crippen LogP contribution in [0.25, 0.3) is 0 Å². The molecular formula is C58H102NO8+. The SMILES string of the molecule is CC/C=C\C/C=C\C/C=C\C/C=C\C/C=C\C/C=C\CCCCCCCCCCCCCCCCCCC(=O)OC(COC(=O)CCCCCCCCC)COC(OCC[N+](C)(C)C)C(=O)O. The number of hydrogen-bond acceptors (Lipinski definition) is 7. The van der Waals surface area contributed by atoms with Gasteiger partial charge in [0.05, 0.1) is 34.4 Å². The summed E-state index contributed by atoms with van der Waals surface area (Å²) < 4.78 is 22.7. The number of unbranched alkanes of at least 4 members (excludes halogenated alkanes) is 22. The Hall–Kier alpha value is -3.27. The highest BCUT2D eigenvalue weighted by atomic mass is 16.7. The third-order valence-electron chi connectivity index (χ3n) is 11.5. The molecule has 0 radical (unpaired) electrons. The molecule has 0 aliphatic carbocycles. The molecule has 2 atom stereocenters. The Kier molecular flexibility index (Phi) is 46.8. The number of quaternary nitrogens is 1. The molecule has 67 heavy (non-hydrogen) atoms. The largest absolute Gasteiger partial charge is 0.477 e. The van der Waals surface area contributed by atoms with Crippen LogP contribution in [-0.2, 0) is 33.3 Å². The smallest absolute Gasteiger partial charge is 0.361 e. The van der Waals surface area contributed by atoms with Crippen LogP contribution in [0.2, 0.25) is 0 Å². The lowest BCUT2D eigenvalue weighted by Gasteiger charge is -2.25. The van der Waals surface area contributed by atoms with Crippen LogP contribution in [0.1, 0.15) is 219 Å². The summed E-state index contributed by atoms with van der Waals surface area (Å²) in [5.74, 6) is -2.01. The van der Waals surface area contributed by atoms with Crippen LogP contribution in [0, 0.1) is 0 Å². The molecule has 0 aromatic rings. The number of aliphatic carboxylic acids is 1. The Labute approximate surface area is 411 Å². The number of carboxylic acids is 1. The third kappa shape index (κ3) is 50.4. The van der Waals surface area contributed by atoms with E-state index in [4.69, 9.17) is 18.9 Å². The molecule has 9 nitrogen and oxygen atoms in total. The van der Waals surface area contributed by atoms with Crippen LogP contribution in [0.3, 0.4) is 0 Å². The predicted octanol–water partition coefficient (Wildman–Crippen LogP) is 15.5. The van der Waals surface area contributed by atoms with Gasteiger partial charge in [-0.2, -0.15) is 0 Å². The number of ether oxygens (including phenoxy) is 4. The van der Waals surface area contributed by atoms with Crippen LogP contribution in [0.4, 0.5) is 0 Å². The number of carboxylic acid groups (broad SMARTS) is 1. The van der Waals surface area contributed by atoms with Gasteiger partial charge in [-0.1, -0.05) is 215 Å². The van der Waals surface area contributed by atoms with Gasteiger partial charge in [0, 0.05) is 12.8 Å². The maximum Gasteiger partial charge on any atom is 0.361 e. The minimum absolute atomic E-state index is 0.181. The van der Waals surface area contributed by atoms with Crippen LogP contribution in [0.15, 0.2) is 72.9 Å². The number of rotatable bonds is 49. The minimum Gasteiger partial charge on any atom is -0.477 e. The molecule has 0 amide bonds. The highest BCUT2D eigenvalue weighted by molar-refractivity contribution is 5.71. The maximum absolute atomic E-state index is 12.8. The van der Waals surface area contributed by atoms with Crippen molar-refractivity contribution in [3.8, 4) is 0 Å². The molecule has 0 saturated carbocycles. The second-order valence-electron chi connectivity index (χ2n) is 19.2. The molecule has 0 aromatic carbocycles. The fraction of sp³-hybridized carbons (Fsp3) is 0.741. The monoisotopic (exact) mass is 941 g/mol. The van der Waals surface area contributed by atoms with Crippen LogP contribution in [-0.4, -0.2) is 87.4 Å². The van der Waals surface area contributed by atoms with Crippen molar-refractivity contribution >= 4 is 17.9 Å². The normalized spacial score (nSPS) is 13.4. The molecule has 0 bridgehead atoms. The second-order valence-corrected chi connectivity index (χ2v) is 19.2. The van der Waals surface area contributed by atoms with Crippen molar-refractivity contribution in [3.63, 3.8) is 0 Å². The molecule has 0 heterocycles. The lowest BCUT2D eigenvalue weighted by atomic mass is 10.0. The Bertz CT molecular complexity index is 1330. The van der Waals surface area contributed by atoms with Crippen molar-refractivity contribution < 1.29 is 42.9 Å². The van der Waals surface area contributed by atoms with Gasteiger partial charge in [-0.3, -0.25) is 9.59 Å². The number of esters is 2. The summed E-state index contributed by atoms with van der Waals surface area (Å²) in [7, 11) is 5.95. The van der Waals surface area contributed by atoms with Crippen molar-refractivity contribution in [2.45, 2.75) is 232 Å². The number of allylic oxidation sites excluding steroid dienone is 12. The zero-order valence-electron chi connectivity index (χ0n) is 43.8. The Morgan fingerprint density at radius 2 is 0.851 bits per heavy atom. The topological polar surface area (TPSA) is 108 Å². The van der Waals surface area contributed by atoms with Crippen molar-refractivity contribution in [2.75, 3.05) is 47.5 Å². The lowest BCUT2D eigenvalue weighted by Crippen LogP contribution is -2.40. The van der Waals surface area contributed by atoms with Crippen molar-refractivity contribution in [1.29, 1.82) is 0 Å². The highest BCUT2D eigenvalue weighted by Gasteiger charge is 2.25. The van der Waals surface area contributed by atoms with Crippen LogP contribution >= 0.6 is 0 Å². The van der Waals surface area contributed by atoms with E-state index in [-0.39, 0.29) is 32.2 Å². The van der Waals surface area contributed by atoms with Crippen molar-refractivity contribution in [3.05, 3.63) is 72.9 Å². The van der Waals surface area contributed by atoms with E-state index in [0.717, 1.165) is 77.0 Å². The Morgan fingerprint density at radius 3 is 1.27 bits per heavy atom. The summed E-state index contributed by atoms with van der Waals surface area (Å²) in [5.41, 5.74) is 0. The third-order valence-corrected chi connectivity index (χ3v) is 11.5. The van der Waals surface area contributed by atoms with Crippen LogP contribution in [0.5, 0.6) is 0 Å². The van der Waals surface area contributed by atoms with Crippen molar-refractivity contribution in [1.82, 2.24) is 0 Å². The first-order chi connectivity index (χ1) is 32.6. The average molecular weight is 941 g/mol. The molecule has 2 unspecified atom stereocenters. The van der Waals surface area contributed by atoms with Gasteiger partial charge >= 0.3 is 17.9 Å². The summed E-state index contributed by atoms with van der Waals surface area (Å²) in [4.78, 5) is 37.0. The summed E-state index contributed by atoms with van der Waals surface area (Å²) >= 11 is 0. The summed E-state index contributed by atoms with van der Waals surface area (Å²) in [5, 5.41) is 9.63. The zero-order chi connectivity index (χ0) is 49.2. The maximum atomic E-state index is 12.8. The number of carbonyl (C=O) groups excluding carboxylic acids is 2. The zero-order valence-corrected chi connectivity index (χ0v) is 43.8. The Morgan fingerprint density at radius 1 is 0.463 bits per heavy atom. The summed E-state index contributed by atoms with van der Waals surface area (Å²) in [6, 6.07) is 0. The van der Waals surface area contributed by atoms with Crippen molar-refractivity contribution in [2.24, 2.45) is 0 Å². The minimum atomic E-state index is -1.51. The first kappa shape index (κ1) is 63.7. The number of carbonyl (C=O) groups is 3. The molecule has 0 saturated heterocycles. The van der Waals surface area contributed by atoms with E-state index in [0.29, 0.717) is 17.4 Å². The van der Waals surface area contributed by atoms with Gasteiger partial charge in [0.1, 0.15) is 13.2 Å². The summed E-state index contributed by atoms with van der Waals surface area (Å²) in [6.45, 7) is 4.71. The number of likely N-dealkylation sites (N-methyl/N-ethyl adjacent to an activating group) is 1. The first-order valence-electron chi connectivity index (χ1n) is 27.1. The molecule has 0 aliphatic rings. The van der Waals surface area contributed by atoms with Gasteiger partial charge in [-0.25, -0.2) is 4.79 Å². The Balaban J connectivity index is 3.99. The second kappa shape index (κ2) is 49.2. The van der Waals surface area contributed by atoms with Gasteiger partial charge < -0.3 is 28.5 Å². The van der Waals surface area contributed by atoms with E-state index >= 15 is 0 Å². The number of nitrogens with zero attached hydrogens (tertiary/aromatic N) is 1. The molecule has 9 heteroatoms. The summed E-state index contributed by atoms with van der Waals surface area (Å²) in [6.07, 6.45) is 60.2. The molecule has 0 fully saturated rings. The molecule has 1 N–H and O–H groups in total. The molecule has 0 rings (SSSR count). The van der Waals surface area contributed by atoms with E-state index in [2.05, 4.69) is 86.8 Å². The molecule has 386 valence electrons. The predicted molar refractivity (Wildman–Crippen MR) is 281 cm³/mol. The van der Waals surface area contributed by atoms with Gasteiger partial charge in [0.25, 0.3) is 6.29 Å². The number of hydrogen-bond donors (Lipinski definition) is 1. The fourth-order valence-corrected chi connectivity index (χ4v) is 7.31. The molecule has 0 aromatic heterocycles. The van der Waals surface area contributed by atoms with E-state index in [9.17, 15) is 19.5 Å². The molecular weight excluding hydrogens is 839 g/mol. The first-order valence-corrected chi connectivity index (χ1v) is 27.1. The lowest BCUT2D eigenvalue weighted by molar-refractivity contribution is -0.870. The van der Waals surface area contributed by atoms with Gasteiger partial charge in [0.2, 0.25) is 0 Å². The van der Waals surface area contributed by atoms with Gasteiger partial charge in [0.15, 0.2) is 6.10 Å². The van der Waals surface area contributed by atoms with E-state index in [1.807, 2.05) is 21.1 Å². The quantitative estimate of drug-likeness (QED) is 0.0211. The van der Waals surface area contributed by atoms with E-state index < -0.39 is 24.3 Å². The molecule has 0 spiro atoms. The van der Waals surface area contributed by atoms with Gasteiger partial charge in [-0.05, 0) is 64.2 Å².